The van der Waals surface area contributed by atoms with Gasteiger partial charge in [0.15, 0.2) is 0 Å². The molecule has 1 unspecified atom stereocenters. The lowest BCUT2D eigenvalue weighted by Gasteiger charge is -2.36. The van der Waals surface area contributed by atoms with Crippen molar-refractivity contribution in [1.29, 1.82) is 0 Å². The van der Waals surface area contributed by atoms with Crippen LogP contribution in [-0.4, -0.2) is 61.4 Å². The molecule has 1 amide bonds. The second-order valence-corrected chi connectivity index (χ2v) is 4.79. The van der Waals surface area contributed by atoms with Gasteiger partial charge in [-0.05, 0) is 18.8 Å². The smallest absolute Gasteiger partial charge is 0.241 e. The molecule has 5 heteroatoms. The van der Waals surface area contributed by atoms with E-state index >= 15 is 0 Å². The van der Waals surface area contributed by atoms with Crippen LogP contribution < -0.4 is 5.32 Å². The van der Waals surface area contributed by atoms with Gasteiger partial charge in [-0.2, -0.15) is 0 Å². The Morgan fingerprint density at radius 2 is 2.31 bits per heavy atom. The molecule has 2 rings (SSSR count). The minimum absolute atomic E-state index is 0.0982. The maximum atomic E-state index is 12.0. The van der Waals surface area contributed by atoms with Crippen LogP contribution in [0.2, 0.25) is 0 Å². The minimum atomic E-state index is -0.191. The predicted molar refractivity (Wildman–Crippen MR) is 59.0 cm³/mol. The highest BCUT2D eigenvalue weighted by Gasteiger charge is 2.31. The van der Waals surface area contributed by atoms with Crippen LogP contribution in [0.3, 0.4) is 0 Å². The summed E-state index contributed by atoms with van der Waals surface area (Å²) in [5.41, 5.74) is 0. The number of ether oxygens (including phenoxy) is 1. The number of rotatable bonds is 3. The first kappa shape index (κ1) is 11.8. The highest BCUT2D eigenvalue weighted by molar-refractivity contribution is 5.81. The Kier molecular flexibility index (Phi) is 3.78. The zero-order chi connectivity index (χ0) is 11.5. The van der Waals surface area contributed by atoms with Crippen LogP contribution in [0, 0.1) is 5.92 Å². The number of carbonyl (C=O) groups is 1. The van der Waals surface area contributed by atoms with Crippen molar-refractivity contribution in [2.75, 3.05) is 33.4 Å². The Hall–Kier alpha value is -0.650. The van der Waals surface area contributed by atoms with Gasteiger partial charge in [0.05, 0.1) is 19.3 Å². The van der Waals surface area contributed by atoms with E-state index in [1.807, 2.05) is 7.05 Å². The van der Waals surface area contributed by atoms with Gasteiger partial charge in [-0.25, -0.2) is 0 Å². The van der Waals surface area contributed by atoms with E-state index in [4.69, 9.17) is 4.74 Å². The number of aliphatic hydroxyl groups excluding tert-OH is 1. The molecule has 1 saturated heterocycles. The maximum Gasteiger partial charge on any atom is 0.241 e. The topological polar surface area (TPSA) is 61.8 Å². The van der Waals surface area contributed by atoms with Crippen molar-refractivity contribution in [3.05, 3.63) is 0 Å². The molecule has 0 aromatic carbocycles. The Balaban J connectivity index is 1.74. The Morgan fingerprint density at radius 1 is 1.56 bits per heavy atom. The van der Waals surface area contributed by atoms with Crippen molar-refractivity contribution in [3.63, 3.8) is 0 Å². The summed E-state index contributed by atoms with van der Waals surface area (Å²) in [5.74, 6) is 0.564. The lowest BCUT2D eigenvalue weighted by atomic mass is 9.82. The highest BCUT2D eigenvalue weighted by atomic mass is 16.5. The number of morpholine rings is 1. The van der Waals surface area contributed by atoms with Crippen molar-refractivity contribution < 1.29 is 14.6 Å². The van der Waals surface area contributed by atoms with Crippen LogP contribution >= 0.6 is 0 Å². The van der Waals surface area contributed by atoms with E-state index in [1.54, 1.807) is 4.90 Å². The van der Waals surface area contributed by atoms with Gasteiger partial charge in [-0.15, -0.1) is 0 Å². The molecule has 5 nitrogen and oxygen atoms in total. The van der Waals surface area contributed by atoms with Crippen LogP contribution in [0.15, 0.2) is 0 Å². The molecule has 1 aliphatic heterocycles. The van der Waals surface area contributed by atoms with Gasteiger partial charge >= 0.3 is 0 Å². The van der Waals surface area contributed by atoms with Crippen LogP contribution in [0.1, 0.15) is 12.8 Å². The monoisotopic (exact) mass is 228 g/mol. The Labute approximate surface area is 95.8 Å². The number of amides is 1. The zero-order valence-corrected chi connectivity index (χ0v) is 9.69. The molecule has 16 heavy (non-hydrogen) atoms. The van der Waals surface area contributed by atoms with E-state index in [0.29, 0.717) is 19.1 Å². The van der Waals surface area contributed by atoms with Crippen LogP contribution in [0.25, 0.3) is 0 Å². The summed E-state index contributed by atoms with van der Waals surface area (Å²) in [6.45, 7) is 2.64. The molecule has 1 atom stereocenters. The van der Waals surface area contributed by atoms with Crippen molar-refractivity contribution in [2.45, 2.75) is 25.0 Å². The zero-order valence-electron chi connectivity index (χ0n) is 9.69. The van der Waals surface area contributed by atoms with E-state index in [9.17, 15) is 9.90 Å². The van der Waals surface area contributed by atoms with E-state index < -0.39 is 0 Å². The number of hydrogen-bond acceptors (Lipinski definition) is 4. The Morgan fingerprint density at radius 3 is 2.88 bits per heavy atom. The lowest BCUT2D eigenvalue weighted by molar-refractivity contribution is -0.136. The molecule has 0 aromatic rings. The number of likely N-dealkylation sites (N-methyl/N-ethyl adjacent to an activating group) is 1. The molecule has 1 saturated carbocycles. The van der Waals surface area contributed by atoms with Crippen molar-refractivity contribution in [1.82, 2.24) is 10.2 Å². The standard InChI is InChI=1S/C11H20N2O3/c1-13(6-8-4-9(14)5-8)11(15)10-7-16-3-2-12-10/h8-10,12,14H,2-7H2,1H3. The molecular weight excluding hydrogens is 208 g/mol. The van der Waals surface area contributed by atoms with E-state index in [2.05, 4.69) is 5.32 Å². The third-order valence-corrected chi connectivity index (χ3v) is 3.34. The van der Waals surface area contributed by atoms with Gasteiger partial charge in [0.25, 0.3) is 0 Å². The molecule has 2 fully saturated rings. The second-order valence-electron chi connectivity index (χ2n) is 4.79. The van der Waals surface area contributed by atoms with Gasteiger partial charge in [-0.3, -0.25) is 4.79 Å². The lowest BCUT2D eigenvalue weighted by Crippen LogP contribution is -2.53. The largest absolute Gasteiger partial charge is 0.393 e. The quantitative estimate of drug-likeness (QED) is 0.664. The third-order valence-electron chi connectivity index (χ3n) is 3.34. The molecule has 2 N–H and O–H groups in total. The molecule has 0 bridgehead atoms. The molecule has 0 radical (unpaired) electrons. The molecule has 0 spiro atoms. The minimum Gasteiger partial charge on any atom is -0.393 e. The molecule has 92 valence electrons. The molecule has 0 aromatic heterocycles. The fourth-order valence-corrected chi connectivity index (χ4v) is 2.32. The molecule has 1 aliphatic carbocycles. The normalized spacial score (nSPS) is 34.2. The summed E-state index contributed by atoms with van der Waals surface area (Å²) in [5, 5.41) is 12.3. The molecule has 1 heterocycles. The second kappa shape index (κ2) is 5.12. The highest BCUT2D eigenvalue weighted by Crippen LogP contribution is 2.27. The van der Waals surface area contributed by atoms with Crippen LogP contribution in [0.4, 0.5) is 0 Å². The number of hydrogen-bond donors (Lipinski definition) is 2. The summed E-state index contributed by atoms with van der Waals surface area (Å²) < 4.78 is 5.27. The van der Waals surface area contributed by atoms with E-state index in [1.165, 1.54) is 0 Å². The summed E-state index contributed by atoms with van der Waals surface area (Å²) in [6.07, 6.45) is 1.50. The van der Waals surface area contributed by atoms with Gasteiger partial charge in [-0.1, -0.05) is 0 Å². The van der Waals surface area contributed by atoms with Gasteiger partial charge in [0.2, 0.25) is 5.91 Å². The first-order valence-electron chi connectivity index (χ1n) is 5.91. The number of nitrogens with zero attached hydrogens (tertiary/aromatic N) is 1. The predicted octanol–water partition coefficient (Wildman–Crippen LogP) is -0.796. The fraction of sp³-hybridized carbons (Fsp3) is 0.909. The summed E-state index contributed by atoms with van der Waals surface area (Å²) in [4.78, 5) is 13.7. The summed E-state index contributed by atoms with van der Waals surface area (Å²) in [6, 6.07) is -0.191. The fourth-order valence-electron chi connectivity index (χ4n) is 2.32. The van der Waals surface area contributed by atoms with Crippen molar-refractivity contribution in [2.24, 2.45) is 5.92 Å². The van der Waals surface area contributed by atoms with Gasteiger partial charge in [0.1, 0.15) is 6.04 Å². The molecular formula is C11H20N2O3. The third kappa shape index (κ3) is 2.72. The number of nitrogens with one attached hydrogen (secondary N) is 1. The van der Waals surface area contributed by atoms with E-state index in [-0.39, 0.29) is 18.1 Å². The number of aliphatic hydroxyl groups is 1. The first-order chi connectivity index (χ1) is 7.66. The average molecular weight is 228 g/mol. The van der Waals surface area contributed by atoms with Gasteiger partial charge < -0.3 is 20.1 Å². The summed E-state index contributed by atoms with van der Waals surface area (Å²) >= 11 is 0. The SMILES string of the molecule is CN(CC1CC(O)C1)C(=O)C1COCCN1. The maximum absolute atomic E-state index is 12.0. The van der Waals surface area contributed by atoms with E-state index in [0.717, 1.165) is 25.9 Å². The van der Waals surface area contributed by atoms with Crippen molar-refractivity contribution in [3.8, 4) is 0 Å². The van der Waals surface area contributed by atoms with Gasteiger partial charge in [0, 0.05) is 20.1 Å². The average Bonchev–Trinajstić information content (AvgIpc) is 2.27. The Bertz CT molecular complexity index is 248. The van der Waals surface area contributed by atoms with Crippen LogP contribution in [0.5, 0.6) is 0 Å². The first-order valence-corrected chi connectivity index (χ1v) is 5.91. The molecule has 2 aliphatic rings. The number of carbonyl (C=O) groups excluding carboxylic acids is 1. The summed E-state index contributed by atoms with van der Waals surface area (Å²) in [7, 11) is 1.82. The van der Waals surface area contributed by atoms with Crippen molar-refractivity contribution >= 4 is 5.91 Å². The van der Waals surface area contributed by atoms with Crippen LogP contribution in [-0.2, 0) is 9.53 Å².